The molecule has 1 aromatic carbocycles. The van der Waals surface area contributed by atoms with Gasteiger partial charge in [0.1, 0.15) is 17.6 Å². The summed E-state index contributed by atoms with van der Waals surface area (Å²) in [6.45, 7) is 1.11. The molecule has 10 heteroatoms. The van der Waals surface area contributed by atoms with Gasteiger partial charge in [0.05, 0.1) is 0 Å². The van der Waals surface area contributed by atoms with E-state index in [2.05, 4.69) is 21.1 Å². The molecule has 0 radical (unpaired) electrons. The first-order valence-electron chi connectivity index (χ1n) is 9.28. The van der Waals surface area contributed by atoms with Crippen LogP contribution in [0.2, 0.25) is 0 Å². The fourth-order valence-corrected chi connectivity index (χ4v) is 4.47. The topological polar surface area (TPSA) is 88.6 Å². The molecule has 0 atom stereocenters. The highest BCUT2D eigenvalue weighted by Gasteiger charge is 2.23. The van der Waals surface area contributed by atoms with Gasteiger partial charge in [-0.05, 0) is 17.5 Å². The van der Waals surface area contributed by atoms with E-state index in [1.54, 1.807) is 4.90 Å². The summed E-state index contributed by atoms with van der Waals surface area (Å²) < 4.78 is 3.32. The van der Waals surface area contributed by atoms with Crippen LogP contribution in [0.25, 0.3) is 16.0 Å². The normalized spacial score (nSPS) is 13.8. The molecule has 9 nitrogen and oxygen atoms in total. The minimum atomic E-state index is -0.375. The van der Waals surface area contributed by atoms with E-state index in [4.69, 9.17) is 0 Å². The van der Waals surface area contributed by atoms with Gasteiger partial charge in [0.25, 0.3) is 0 Å². The van der Waals surface area contributed by atoms with E-state index in [-0.39, 0.29) is 18.1 Å². The molecule has 148 valence electrons. The predicted octanol–water partition coefficient (Wildman–Crippen LogP) is 1.15. The highest BCUT2D eigenvalue weighted by atomic mass is 32.1. The largest absolute Gasteiger partial charge is 0.354 e. The Morgan fingerprint density at radius 2 is 2.03 bits per heavy atom. The summed E-state index contributed by atoms with van der Waals surface area (Å²) in [5.41, 5.74) is 3.07. The summed E-state index contributed by atoms with van der Waals surface area (Å²) in [4.78, 5) is 38.0. The first-order valence-corrected chi connectivity index (χ1v) is 10.1. The van der Waals surface area contributed by atoms with E-state index in [9.17, 15) is 9.59 Å². The van der Waals surface area contributed by atoms with Crippen LogP contribution in [0.3, 0.4) is 0 Å². The number of hydrogen-bond acceptors (Lipinski definition) is 7. The third-order valence-electron chi connectivity index (χ3n) is 5.12. The third-order valence-corrected chi connectivity index (χ3v) is 6.33. The van der Waals surface area contributed by atoms with Crippen molar-refractivity contribution in [1.29, 1.82) is 0 Å². The lowest BCUT2D eigenvalue weighted by Gasteiger charge is -2.28. The third kappa shape index (κ3) is 2.96. The van der Waals surface area contributed by atoms with Crippen molar-refractivity contribution in [2.45, 2.75) is 19.5 Å². The van der Waals surface area contributed by atoms with Crippen LogP contribution in [0.5, 0.6) is 0 Å². The number of thiazole rings is 1. The van der Waals surface area contributed by atoms with Gasteiger partial charge in [0.2, 0.25) is 5.91 Å². The highest BCUT2D eigenvalue weighted by molar-refractivity contribution is 7.22. The van der Waals surface area contributed by atoms with Gasteiger partial charge in [0.15, 0.2) is 16.4 Å². The molecule has 1 aliphatic heterocycles. The van der Waals surface area contributed by atoms with Gasteiger partial charge >= 0.3 is 5.69 Å². The molecule has 0 saturated heterocycles. The predicted molar refractivity (Wildman–Crippen MR) is 110 cm³/mol. The van der Waals surface area contributed by atoms with E-state index in [0.29, 0.717) is 24.4 Å². The number of benzene rings is 1. The van der Waals surface area contributed by atoms with Crippen molar-refractivity contribution in [2.24, 2.45) is 0 Å². The summed E-state index contributed by atoms with van der Waals surface area (Å²) >= 11 is 1.42. The van der Waals surface area contributed by atoms with Gasteiger partial charge in [-0.3, -0.25) is 4.79 Å². The summed E-state index contributed by atoms with van der Waals surface area (Å²) in [6, 6.07) is 8.14. The quantitative estimate of drug-likeness (QED) is 0.504. The molecule has 5 rings (SSSR count). The number of anilines is 1. The molecule has 4 heterocycles. The number of rotatable bonds is 3. The van der Waals surface area contributed by atoms with E-state index >= 15 is 0 Å². The molecular weight excluding hydrogens is 390 g/mol. The average molecular weight is 409 g/mol. The van der Waals surface area contributed by atoms with Crippen LogP contribution < -0.4 is 10.6 Å². The number of carbonyl (C=O) groups excluding carboxylic acids is 1. The fraction of sp³-hybridized carbons (Fsp3) is 0.316. The van der Waals surface area contributed by atoms with Gasteiger partial charge < -0.3 is 9.80 Å². The van der Waals surface area contributed by atoms with E-state index in [1.165, 1.54) is 32.3 Å². The molecule has 0 spiro atoms. The van der Waals surface area contributed by atoms with Crippen molar-refractivity contribution in [3.63, 3.8) is 0 Å². The molecule has 0 saturated carbocycles. The van der Waals surface area contributed by atoms with Crippen LogP contribution in [0, 0.1) is 0 Å². The second kappa shape index (κ2) is 6.66. The van der Waals surface area contributed by atoms with Crippen molar-refractivity contribution in [1.82, 2.24) is 29.0 Å². The van der Waals surface area contributed by atoms with Crippen LogP contribution in [0.15, 0.2) is 35.4 Å². The first kappa shape index (κ1) is 17.8. The van der Waals surface area contributed by atoms with Gasteiger partial charge in [-0.25, -0.2) is 18.9 Å². The Bertz CT molecular complexity index is 1300. The Morgan fingerprint density at radius 1 is 1.24 bits per heavy atom. The molecule has 0 N–H and O–H groups in total. The van der Waals surface area contributed by atoms with Crippen molar-refractivity contribution < 1.29 is 4.79 Å². The van der Waals surface area contributed by atoms with Gasteiger partial charge in [-0.15, -0.1) is 5.10 Å². The zero-order valence-corrected chi connectivity index (χ0v) is 16.9. The van der Waals surface area contributed by atoms with Gasteiger partial charge in [-0.1, -0.05) is 35.6 Å². The van der Waals surface area contributed by atoms with Crippen molar-refractivity contribution in [3.05, 3.63) is 52.2 Å². The van der Waals surface area contributed by atoms with Crippen LogP contribution in [-0.2, 0) is 24.3 Å². The second-order valence-corrected chi connectivity index (χ2v) is 8.23. The molecular formula is C19H19N7O2S. The van der Waals surface area contributed by atoms with Crippen LogP contribution in [-0.4, -0.2) is 55.6 Å². The van der Waals surface area contributed by atoms with Crippen molar-refractivity contribution in [3.8, 4) is 0 Å². The summed E-state index contributed by atoms with van der Waals surface area (Å²) in [5, 5.41) is 5.21. The maximum absolute atomic E-state index is 12.8. The molecule has 0 unspecified atom stereocenters. The highest BCUT2D eigenvalue weighted by Crippen LogP contribution is 2.28. The molecule has 29 heavy (non-hydrogen) atoms. The Kier molecular flexibility index (Phi) is 4.09. The molecule has 1 amide bonds. The zero-order chi connectivity index (χ0) is 20.1. The van der Waals surface area contributed by atoms with Crippen LogP contribution in [0.1, 0.15) is 11.1 Å². The summed E-state index contributed by atoms with van der Waals surface area (Å²) in [6.07, 6.45) is 2.24. The monoisotopic (exact) mass is 409 g/mol. The van der Waals surface area contributed by atoms with E-state index in [0.717, 1.165) is 21.8 Å². The standard InChI is InChI=1S/C19H19N7O2S/c1-23(2)18-21-16-15(29-18)17-22-26(19(28)25(17)11-20-16)10-14(27)24-8-7-12-5-3-4-6-13(12)9-24/h3-6,11H,7-10H2,1-2H3. The van der Waals surface area contributed by atoms with Gasteiger partial charge in [-0.2, -0.15) is 4.98 Å². The van der Waals surface area contributed by atoms with Crippen LogP contribution in [0.4, 0.5) is 5.13 Å². The number of fused-ring (bicyclic) bond motifs is 4. The lowest BCUT2D eigenvalue weighted by molar-refractivity contribution is -0.133. The molecule has 3 aromatic heterocycles. The van der Waals surface area contributed by atoms with E-state index in [1.807, 2.05) is 37.2 Å². The molecule has 0 fully saturated rings. The average Bonchev–Trinajstić information content (AvgIpc) is 3.29. The molecule has 0 aliphatic carbocycles. The summed E-state index contributed by atoms with van der Waals surface area (Å²) in [7, 11) is 3.80. The fourth-order valence-electron chi connectivity index (χ4n) is 3.56. The van der Waals surface area contributed by atoms with Crippen molar-refractivity contribution >= 4 is 38.4 Å². The van der Waals surface area contributed by atoms with Crippen molar-refractivity contribution in [2.75, 3.05) is 25.5 Å². The SMILES string of the molecule is CN(C)c1nc2ncn3c(=O)n(CC(=O)N4CCc5ccccc5C4)nc3c2s1. The van der Waals surface area contributed by atoms with Gasteiger partial charge in [0, 0.05) is 27.2 Å². The second-order valence-electron chi connectivity index (χ2n) is 7.26. The Morgan fingerprint density at radius 3 is 2.83 bits per heavy atom. The summed E-state index contributed by atoms with van der Waals surface area (Å²) in [5.74, 6) is -0.118. The van der Waals surface area contributed by atoms with Crippen LogP contribution >= 0.6 is 11.3 Å². The Balaban J connectivity index is 1.46. The number of amides is 1. The number of nitrogens with zero attached hydrogens (tertiary/aromatic N) is 7. The number of hydrogen-bond donors (Lipinski definition) is 0. The molecule has 1 aliphatic rings. The minimum Gasteiger partial charge on any atom is -0.354 e. The lowest BCUT2D eigenvalue weighted by atomic mass is 10.00. The number of carbonyl (C=O) groups is 1. The number of aromatic nitrogens is 5. The Labute approximate surface area is 169 Å². The molecule has 4 aromatic rings. The zero-order valence-electron chi connectivity index (χ0n) is 16.1. The Hall–Kier alpha value is -3.27. The maximum atomic E-state index is 12.8. The lowest BCUT2D eigenvalue weighted by Crippen LogP contribution is -2.39. The maximum Gasteiger partial charge on any atom is 0.352 e. The first-order chi connectivity index (χ1) is 14.0. The minimum absolute atomic E-state index is 0.0937. The molecule has 0 bridgehead atoms. The smallest absolute Gasteiger partial charge is 0.352 e. The van der Waals surface area contributed by atoms with E-state index < -0.39 is 0 Å².